The molecule has 1 amide bonds. The van der Waals surface area contributed by atoms with E-state index in [4.69, 9.17) is 9.47 Å². The SMILES string of the molecule is CCOc1cc(/C=C/C(=O)c2ccc(N(C)C)cc2)ccc1O[C@@H](C)C(=O)N(C)C. The third kappa shape index (κ3) is 6.11. The summed E-state index contributed by atoms with van der Waals surface area (Å²) < 4.78 is 11.5. The van der Waals surface area contributed by atoms with Crippen LogP contribution in [0, 0.1) is 0 Å². The predicted octanol–water partition coefficient (Wildman–Crippen LogP) is 3.90. The summed E-state index contributed by atoms with van der Waals surface area (Å²) in [6.45, 7) is 4.03. The summed E-state index contributed by atoms with van der Waals surface area (Å²) in [6.07, 6.45) is 2.64. The summed E-state index contributed by atoms with van der Waals surface area (Å²) in [5.74, 6) is 0.805. The van der Waals surface area contributed by atoms with Crippen LogP contribution in [0.5, 0.6) is 11.5 Å². The van der Waals surface area contributed by atoms with Crippen molar-refractivity contribution in [2.24, 2.45) is 0 Å². The van der Waals surface area contributed by atoms with E-state index in [0.29, 0.717) is 23.7 Å². The highest BCUT2D eigenvalue weighted by molar-refractivity contribution is 6.07. The molecule has 0 bridgehead atoms. The zero-order valence-electron chi connectivity index (χ0n) is 18.5. The number of likely N-dealkylation sites (N-methyl/N-ethyl adjacent to an activating group) is 1. The van der Waals surface area contributed by atoms with Gasteiger partial charge in [-0.05, 0) is 61.9 Å². The van der Waals surface area contributed by atoms with E-state index in [9.17, 15) is 9.59 Å². The first-order chi connectivity index (χ1) is 14.2. The van der Waals surface area contributed by atoms with Crippen LogP contribution in [0.1, 0.15) is 29.8 Å². The number of benzene rings is 2. The maximum Gasteiger partial charge on any atom is 0.262 e. The molecule has 0 spiro atoms. The molecule has 0 aliphatic rings. The van der Waals surface area contributed by atoms with Crippen LogP contribution in [-0.2, 0) is 4.79 Å². The molecule has 0 saturated carbocycles. The van der Waals surface area contributed by atoms with Gasteiger partial charge in [0.25, 0.3) is 5.91 Å². The second-order valence-corrected chi connectivity index (χ2v) is 7.27. The lowest BCUT2D eigenvalue weighted by atomic mass is 10.1. The molecule has 2 aromatic rings. The van der Waals surface area contributed by atoms with Gasteiger partial charge < -0.3 is 19.3 Å². The highest BCUT2D eigenvalue weighted by atomic mass is 16.5. The summed E-state index contributed by atoms with van der Waals surface area (Å²) in [5.41, 5.74) is 2.46. The summed E-state index contributed by atoms with van der Waals surface area (Å²) in [4.78, 5) is 28.0. The van der Waals surface area contributed by atoms with Crippen molar-refractivity contribution in [3.8, 4) is 11.5 Å². The molecular weight excluding hydrogens is 380 g/mol. The lowest BCUT2D eigenvalue weighted by molar-refractivity contribution is -0.135. The van der Waals surface area contributed by atoms with Gasteiger partial charge in [-0.3, -0.25) is 9.59 Å². The highest BCUT2D eigenvalue weighted by Crippen LogP contribution is 2.30. The maximum atomic E-state index is 12.5. The number of carbonyl (C=O) groups excluding carboxylic acids is 2. The van der Waals surface area contributed by atoms with Crippen LogP contribution in [0.15, 0.2) is 48.5 Å². The standard InChI is InChI=1S/C24H30N2O4/c1-7-29-23-16-18(9-15-22(23)30-17(2)24(28)26(5)6)8-14-21(27)19-10-12-20(13-11-19)25(3)4/h8-17H,7H2,1-6H3/b14-8+/t17-/m0/s1. The second kappa shape index (κ2) is 10.5. The largest absolute Gasteiger partial charge is 0.490 e. The molecule has 0 unspecified atom stereocenters. The van der Waals surface area contributed by atoms with E-state index in [1.807, 2.05) is 56.3 Å². The zero-order valence-corrected chi connectivity index (χ0v) is 18.5. The fourth-order valence-corrected chi connectivity index (χ4v) is 2.79. The third-order valence-corrected chi connectivity index (χ3v) is 4.46. The van der Waals surface area contributed by atoms with Crippen LogP contribution >= 0.6 is 0 Å². The quantitative estimate of drug-likeness (QED) is 0.463. The van der Waals surface area contributed by atoms with Gasteiger partial charge in [0, 0.05) is 39.4 Å². The Balaban J connectivity index is 2.16. The fraction of sp³-hybridized carbons (Fsp3) is 0.333. The Kier molecular flexibility index (Phi) is 8.04. The molecule has 6 nitrogen and oxygen atoms in total. The van der Waals surface area contributed by atoms with Gasteiger partial charge in [0.2, 0.25) is 0 Å². The monoisotopic (exact) mass is 410 g/mol. The Labute approximate surface area is 178 Å². The van der Waals surface area contributed by atoms with Crippen LogP contribution in [0.4, 0.5) is 5.69 Å². The molecule has 0 aliphatic heterocycles. The van der Waals surface area contributed by atoms with Crippen molar-refractivity contribution in [1.29, 1.82) is 0 Å². The average Bonchev–Trinajstić information content (AvgIpc) is 2.73. The minimum Gasteiger partial charge on any atom is -0.490 e. The van der Waals surface area contributed by atoms with E-state index < -0.39 is 6.10 Å². The van der Waals surface area contributed by atoms with Crippen molar-refractivity contribution < 1.29 is 19.1 Å². The predicted molar refractivity (Wildman–Crippen MR) is 121 cm³/mol. The van der Waals surface area contributed by atoms with Crippen LogP contribution in [0.25, 0.3) is 6.08 Å². The van der Waals surface area contributed by atoms with Crippen molar-refractivity contribution >= 4 is 23.5 Å². The van der Waals surface area contributed by atoms with Crippen molar-refractivity contribution in [2.75, 3.05) is 39.7 Å². The zero-order chi connectivity index (χ0) is 22.3. The highest BCUT2D eigenvalue weighted by Gasteiger charge is 2.18. The summed E-state index contributed by atoms with van der Waals surface area (Å²) in [5, 5.41) is 0. The molecule has 0 N–H and O–H groups in total. The molecule has 0 saturated heterocycles. The van der Waals surface area contributed by atoms with Crippen LogP contribution in [-0.4, -0.2) is 57.5 Å². The molecule has 1 atom stereocenters. The molecule has 2 aromatic carbocycles. The van der Waals surface area contributed by atoms with Crippen LogP contribution in [0.3, 0.4) is 0 Å². The Bertz CT molecular complexity index is 902. The molecular formula is C24H30N2O4. The molecule has 2 rings (SSSR count). The van der Waals surface area contributed by atoms with E-state index in [0.717, 1.165) is 11.3 Å². The lowest BCUT2D eigenvalue weighted by Crippen LogP contribution is -2.35. The van der Waals surface area contributed by atoms with Gasteiger partial charge in [0.15, 0.2) is 23.4 Å². The van der Waals surface area contributed by atoms with Gasteiger partial charge in [-0.1, -0.05) is 12.1 Å². The van der Waals surface area contributed by atoms with Crippen molar-refractivity contribution in [2.45, 2.75) is 20.0 Å². The molecule has 0 radical (unpaired) electrons. The Morgan fingerprint density at radius 3 is 2.23 bits per heavy atom. The average molecular weight is 411 g/mol. The van der Waals surface area contributed by atoms with Gasteiger partial charge in [-0.15, -0.1) is 0 Å². The van der Waals surface area contributed by atoms with Crippen LogP contribution < -0.4 is 14.4 Å². The van der Waals surface area contributed by atoms with Gasteiger partial charge in [-0.2, -0.15) is 0 Å². The molecule has 0 fully saturated rings. The number of ether oxygens (including phenoxy) is 2. The minimum atomic E-state index is -0.632. The normalized spacial score (nSPS) is 11.8. The van der Waals surface area contributed by atoms with E-state index in [1.165, 1.54) is 11.0 Å². The number of ketones is 1. The Morgan fingerprint density at radius 2 is 1.67 bits per heavy atom. The molecule has 0 aliphatic carbocycles. The number of allylic oxidation sites excluding steroid dienone is 1. The van der Waals surface area contributed by atoms with E-state index in [2.05, 4.69) is 0 Å². The molecule has 160 valence electrons. The first-order valence-electron chi connectivity index (χ1n) is 9.87. The summed E-state index contributed by atoms with van der Waals surface area (Å²) >= 11 is 0. The number of nitrogens with zero attached hydrogens (tertiary/aromatic N) is 2. The number of hydrogen-bond donors (Lipinski definition) is 0. The van der Waals surface area contributed by atoms with Crippen LogP contribution in [0.2, 0.25) is 0 Å². The lowest BCUT2D eigenvalue weighted by Gasteiger charge is -2.20. The summed E-state index contributed by atoms with van der Waals surface area (Å²) in [6, 6.07) is 12.8. The topological polar surface area (TPSA) is 59.1 Å². The summed E-state index contributed by atoms with van der Waals surface area (Å²) in [7, 11) is 7.28. The van der Waals surface area contributed by atoms with Crippen molar-refractivity contribution in [3.63, 3.8) is 0 Å². The van der Waals surface area contributed by atoms with Gasteiger partial charge >= 0.3 is 0 Å². The molecule has 6 heteroatoms. The van der Waals surface area contributed by atoms with E-state index in [1.54, 1.807) is 39.2 Å². The number of rotatable bonds is 9. The van der Waals surface area contributed by atoms with E-state index >= 15 is 0 Å². The first-order valence-corrected chi connectivity index (χ1v) is 9.87. The minimum absolute atomic E-state index is 0.0798. The third-order valence-electron chi connectivity index (χ3n) is 4.46. The number of hydrogen-bond acceptors (Lipinski definition) is 5. The molecule has 30 heavy (non-hydrogen) atoms. The molecule has 0 heterocycles. The number of amides is 1. The fourth-order valence-electron chi connectivity index (χ4n) is 2.79. The van der Waals surface area contributed by atoms with Gasteiger partial charge in [0.1, 0.15) is 0 Å². The maximum absolute atomic E-state index is 12.5. The van der Waals surface area contributed by atoms with Gasteiger partial charge in [0.05, 0.1) is 6.61 Å². The smallest absolute Gasteiger partial charge is 0.262 e. The Hall–Kier alpha value is -3.28. The number of carbonyl (C=O) groups is 2. The van der Waals surface area contributed by atoms with Crippen molar-refractivity contribution in [1.82, 2.24) is 4.90 Å². The molecule has 0 aromatic heterocycles. The Morgan fingerprint density at radius 1 is 1.00 bits per heavy atom. The number of anilines is 1. The van der Waals surface area contributed by atoms with Crippen molar-refractivity contribution in [3.05, 3.63) is 59.7 Å². The second-order valence-electron chi connectivity index (χ2n) is 7.27. The first kappa shape index (κ1) is 23.0. The van der Waals surface area contributed by atoms with Gasteiger partial charge in [-0.25, -0.2) is 0 Å². The van der Waals surface area contributed by atoms with E-state index in [-0.39, 0.29) is 11.7 Å².